The van der Waals surface area contributed by atoms with Crippen molar-refractivity contribution in [3.8, 4) is 0 Å². The van der Waals surface area contributed by atoms with Crippen molar-refractivity contribution in [3.63, 3.8) is 0 Å². The maximum Gasteiger partial charge on any atom is 0.127 e. The summed E-state index contributed by atoms with van der Waals surface area (Å²) in [6.45, 7) is 2.93. The van der Waals surface area contributed by atoms with Gasteiger partial charge in [-0.25, -0.2) is 0 Å². The molecule has 3 heteroatoms. The summed E-state index contributed by atoms with van der Waals surface area (Å²) >= 11 is 0. The van der Waals surface area contributed by atoms with Crippen LogP contribution in [0, 0.1) is 11.8 Å². The van der Waals surface area contributed by atoms with E-state index >= 15 is 0 Å². The molecule has 3 aliphatic rings. The van der Waals surface area contributed by atoms with Crippen LogP contribution in [0.5, 0.6) is 0 Å². The number of hydrogen-bond acceptors (Lipinski definition) is 3. The van der Waals surface area contributed by atoms with Crippen molar-refractivity contribution >= 4 is 0 Å². The molecule has 0 radical (unpaired) electrons. The largest absolute Gasteiger partial charge is 0.491 e. The van der Waals surface area contributed by atoms with Crippen molar-refractivity contribution in [2.45, 2.75) is 38.4 Å². The fourth-order valence-corrected chi connectivity index (χ4v) is 3.26. The number of fused-ring (bicyclic) bond motifs is 1. The number of rotatable bonds is 3. The van der Waals surface area contributed by atoms with E-state index in [9.17, 15) is 0 Å². The molecule has 0 aromatic carbocycles. The lowest BCUT2D eigenvalue weighted by molar-refractivity contribution is 0.0582. The third-order valence-electron chi connectivity index (χ3n) is 4.47. The van der Waals surface area contributed by atoms with E-state index in [0.717, 1.165) is 18.1 Å². The smallest absolute Gasteiger partial charge is 0.127 e. The topological polar surface area (TPSA) is 30.5 Å². The van der Waals surface area contributed by atoms with E-state index in [-0.39, 0.29) is 6.10 Å². The van der Waals surface area contributed by atoms with Gasteiger partial charge in [-0.3, -0.25) is 0 Å². The van der Waals surface area contributed by atoms with Gasteiger partial charge < -0.3 is 14.8 Å². The molecule has 0 amide bonds. The quantitative estimate of drug-likeness (QED) is 0.847. The van der Waals surface area contributed by atoms with Crippen LogP contribution in [0.4, 0.5) is 0 Å². The summed E-state index contributed by atoms with van der Waals surface area (Å²) in [4.78, 5) is 0. The van der Waals surface area contributed by atoms with Crippen LogP contribution in [0.2, 0.25) is 0 Å². The Morgan fingerprint density at radius 1 is 1.32 bits per heavy atom. The minimum Gasteiger partial charge on any atom is -0.491 e. The molecular formula is C16H23NO2. The Bertz CT molecular complexity index is 424. The average Bonchev–Trinajstić information content (AvgIpc) is 2.96. The standard InChI is InChI=1S/C16H23NO2/c1-11-6-7-12(17-2)8-9-14(11)19-16-10-18-15-5-3-4-13(15)16/h6-9,11,13,15-17H,3-5,10H2,1-2H3/t11?,13-,15+,16-/m0/s1. The van der Waals surface area contributed by atoms with Crippen molar-refractivity contribution in [1.29, 1.82) is 0 Å². The van der Waals surface area contributed by atoms with Crippen molar-refractivity contribution in [2.24, 2.45) is 11.8 Å². The minimum atomic E-state index is 0.249. The lowest BCUT2D eigenvalue weighted by Crippen LogP contribution is -2.23. The third kappa shape index (κ3) is 2.57. The second kappa shape index (κ2) is 5.41. The monoisotopic (exact) mass is 261 g/mol. The van der Waals surface area contributed by atoms with E-state index in [2.05, 4.69) is 36.5 Å². The summed E-state index contributed by atoms with van der Waals surface area (Å²) in [5, 5.41) is 3.17. The SMILES string of the molecule is CNC1=CC=C(O[C@H]2CO[C@@H]3CCC[C@H]23)C(C)C=C1. The Morgan fingerprint density at radius 2 is 2.21 bits per heavy atom. The number of hydrogen-bond donors (Lipinski definition) is 1. The van der Waals surface area contributed by atoms with Gasteiger partial charge in [-0.05, 0) is 31.1 Å². The van der Waals surface area contributed by atoms with E-state index < -0.39 is 0 Å². The van der Waals surface area contributed by atoms with Crippen LogP contribution in [-0.4, -0.2) is 25.9 Å². The molecule has 19 heavy (non-hydrogen) atoms. The number of allylic oxidation sites excluding steroid dienone is 4. The van der Waals surface area contributed by atoms with Crippen LogP contribution >= 0.6 is 0 Å². The van der Waals surface area contributed by atoms with Crippen molar-refractivity contribution in [3.05, 3.63) is 35.8 Å². The molecular weight excluding hydrogens is 238 g/mol. The van der Waals surface area contributed by atoms with Gasteiger partial charge in [-0.2, -0.15) is 0 Å². The predicted molar refractivity (Wildman–Crippen MR) is 75.5 cm³/mol. The average molecular weight is 261 g/mol. The molecule has 1 aliphatic heterocycles. The molecule has 1 saturated carbocycles. The molecule has 4 atom stereocenters. The molecule has 3 nitrogen and oxygen atoms in total. The molecule has 3 rings (SSSR count). The van der Waals surface area contributed by atoms with E-state index in [4.69, 9.17) is 9.47 Å². The zero-order chi connectivity index (χ0) is 13.2. The molecule has 2 aliphatic carbocycles. The molecule has 1 unspecified atom stereocenters. The fourth-order valence-electron chi connectivity index (χ4n) is 3.26. The fraction of sp³-hybridized carbons (Fsp3) is 0.625. The van der Waals surface area contributed by atoms with E-state index in [0.29, 0.717) is 17.9 Å². The summed E-state index contributed by atoms with van der Waals surface area (Å²) < 4.78 is 12.1. The normalized spacial score (nSPS) is 37.4. The predicted octanol–water partition coefficient (Wildman–Crippen LogP) is 2.76. The van der Waals surface area contributed by atoms with Crippen LogP contribution in [-0.2, 0) is 9.47 Å². The van der Waals surface area contributed by atoms with Crippen LogP contribution in [0.3, 0.4) is 0 Å². The Morgan fingerprint density at radius 3 is 3.05 bits per heavy atom. The van der Waals surface area contributed by atoms with Gasteiger partial charge in [-0.15, -0.1) is 0 Å². The molecule has 0 bridgehead atoms. The Hall–Kier alpha value is -1.22. The number of likely N-dealkylation sites (N-methyl/N-ethyl adjacent to an activating group) is 1. The molecule has 1 heterocycles. The van der Waals surface area contributed by atoms with Crippen LogP contribution in [0.1, 0.15) is 26.2 Å². The lowest BCUT2D eigenvalue weighted by Gasteiger charge is -2.22. The summed E-state index contributed by atoms with van der Waals surface area (Å²) in [6.07, 6.45) is 12.9. The Balaban J connectivity index is 1.70. The van der Waals surface area contributed by atoms with Gasteiger partial charge >= 0.3 is 0 Å². The van der Waals surface area contributed by atoms with Crippen LogP contribution in [0.25, 0.3) is 0 Å². The lowest BCUT2D eigenvalue weighted by atomic mass is 10.0. The second-order valence-corrected chi connectivity index (χ2v) is 5.71. The summed E-state index contributed by atoms with van der Waals surface area (Å²) in [6, 6.07) is 0. The first-order valence-electron chi connectivity index (χ1n) is 7.34. The van der Waals surface area contributed by atoms with Gasteiger partial charge in [0.25, 0.3) is 0 Å². The van der Waals surface area contributed by atoms with Gasteiger partial charge in [0.1, 0.15) is 11.9 Å². The van der Waals surface area contributed by atoms with Crippen molar-refractivity contribution < 1.29 is 9.47 Å². The highest BCUT2D eigenvalue weighted by molar-refractivity contribution is 5.29. The van der Waals surface area contributed by atoms with Gasteiger partial charge in [0.15, 0.2) is 0 Å². The molecule has 0 aromatic rings. The number of nitrogens with one attached hydrogen (secondary N) is 1. The van der Waals surface area contributed by atoms with Gasteiger partial charge in [0.2, 0.25) is 0 Å². The second-order valence-electron chi connectivity index (χ2n) is 5.71. The first-order chi connectivity index (χ1) is 9.28. The highest BCUT2D eigenvalue weighted by Gasteiger charge is 2.42. The third-order valence-corrected chi connectivity index (χ3v) is 4.47. The molecule has 0 spiro atoms. The molecule has 1 saturated heterocycles. The number of ether oxygens (including phenoxy) is 2. The first kappa shape index (κ1) is 12.8. The molecule has 2 fully saturated rings. The molecule has 1 N–H and O–H groups in total. The summed E-state index contributed by atoms with van der Waals surface area (Å²) in [7, 11) is 1.94. The zero-order valence-electron chi connectivity index (χ0n) is 11.8. The van der Waals surface area contributed by atoms with E-state index in [1.54, 1.807) is 0 Å². The Kier molecular flexibility index (Phi) is 3.65. The first-order valence-corrected chi connectivity index (χ1v) is 7.34. The maximum absolute atomic E-state index is 6.26. The summed E-state index contributed by atoms with van der Waals surface area (Å²) in [5.41, 5.74) is 1.12. The minimum absolute atomic E-state index is 0.249. The summed E-state index contributed by atoms with van der Waals surface area (Å²) in [5.74, 6) is 1.98. The van der Waals surface area contributed by atoms with E-state index in [1.165, 1.54) is 19.3 Å². The van der Waals surface area contributed by atoms with Crippen molar-refractivity contribution in [2.75, 3.05) is 13.7 Å². The van der Waals surface area contributed by atoms with Crippen molar-refractivity contribution in [1.82, 2.24) is 5.32 Å². The van der Waals surface area contributed by atoms with Gasteiger partial charge in [0.05, 0.1) is 12.7 Å². The highest BCUT2D eigenvalue weighted by atomic mass is 16.6. The zero-order valence-corrected chi connectivity index (χ0v) is 11.8. The molecule has 104 valence electrons. The highest BCUT2D eigenvalue weighted by Crippen LogP contribution is 2.38. The maximum atomic E-state index is 6.26. The Labute approximate surface area is 115 Å². The van der Waals surface area contributed by atoms with Crippen LogP contribution < -0.4 is 5.32 Å². The van der Waals surface area contributed by atoms with Gasteiger partial charge in [0, 0.05) is 24.6 Å². The van der Waals surface area contributed by atoms with E-state index in [1.807, 2.05) is 7.05 Å². The van der Waals surface area contributed by atoms with Crippen LogP contribution in [0.15, 0.2) is 35.8 Å². The molecule has 0 aromatic heterocycles. The van der Waals surface area contributed by atoms with Gasteiger partial charge in [-0.1, -0.05) is 19.4 Å².